The average Bonchev–Trinajstić information content (AvgIpc) is 2.48. The number of rotatable bonds is 3. The molecule has 20 heavy (non-hydrogen) atoms. The highest BCUT2D eigenvalue weighted by molar-refractivity contribution is 5.84. The molecular formula is C16H14N4. The van der Waals surface area contributed by atoms with Crippen LogP contribution in [0.25, 0.3) is 10.9 Å². The maximum atomic E-state index is 4.53. The summed E-state index contributed by atoms with van der Waals surface area (Å²) in [6, 6.07) is 13.9. The zero-order chi connectivity index (χ0) is 13.8. The number of aromatic nitrogens is 2. The number of para-hydroxylation sites is 1. The Morgan fingerprint density at radius 3 is 2.90 bits per heavy atom. The van der Waals surface area contributed by atoms with Crippen LogP contribution in [0.2, 0.25) is 0 Å². The minimum atomic E-state index is 0.737. The molecule has 0 atom stereocenters. The monoisotopic (exact) mass is 262 g/mol. The summed E-state index contributed by atoms with van der Waals surface area (Å²) in [4.78, 5) is 8.56. The lowest BCUT2D eigenvalue weighted by Crippen LogP contribution is -1.95. The Labute approximate surface area is 117 Å². The van der Waals surface area contributed by atoms with Crippen molar-refractivity contribution in [2.75, 3.05) is 5.43 Å². The van der Waals surface area contributed by atoms with Gasteiger partial charge >= 0.3 is 0 Å². The van der Waals surface area contributed by atoms with E-state index in [0.717, 1.165) is 22.3 Å². The van der Waals surface area contributed by atoms with Crippen LogP contribution in [-0.4, -0.2) is 16.2 Å². The van der Waals surface area contributed by atoms with E-state index in [1.165, 1.54) is 5.56 Å². The number of benzene rings is 1. The second-order valence-electron chi connectivity index (χ2n) is 4.50. The number of aryl methyl sites for hydroxylation is 1. The first-order chi connectivity index (χ1) is 9.83. The van der Waals surface area contributed by atoms with Gasteiger partial charge in [0.1, 0.15) is 5.82 Å². The molecule has 0 saturated heterocycles. The van der Waals surface area contributed by atoms with Gasteiger partial charge in [-0.3, -0.25) is 10.4 Å². The molecule has 1 N–H and O–H groups in total. The first-order valence-corrected chi connectivity index (χ1v) is 6.38. The molecule has 0 spiro atoms. The van der Waals surface area contributed by atoms with Gasteiger partial charge in [0.2, 0.25) is 0 Å². The Morgan fingerprint density at radius 1 is 1.15 bits per heavy atom. The Balaban J connectivity index is 1.83. The minimum Gasteiger partial charge on any atom is -0.264 e. The fourth-order valence-corrected chi connectivity index (χ4v) is 2.03. The van der Waals surface area contributed by atoms with Gasteiger partial charge in [0, 0.05) is 23.3 Å². The number of hydrazone groups is 1. The van der Waals surface area contributed by atoms with Gasteiger partial charge in [-0.15, -0.1) is 0 Å². The van der Waals surface area contributed by atoms with E-state index in [2.05, 4.69) is 33.5 Å². The van der Waals surface area contributed by atoms with Crippen molar-refractivity contribution < 1.29 is 0 Å². The van der Waals surface area contributed by atoms with Crippen molar-refractivity contribution in [1.82, 2.24) is 9.97 Å². The van der Waals surface area contributed by atoms with Crippen molar-refractivity contribution in [2.45, 2.75) is 6.92 Å². The third-order valence-corrected chi connectivity index (χ3v) is 3.00. The summed E-state index contributed by atoms with van der Waals surface area (Å²) in [7, 11) is 0. The SMILES string of the molecule is Cc1cc(N/N=C\c2cccnc2)nc2ccccc12. The molecular weight excluding hydrogens is 248 g/mol. The third kappa shape index (κ3) is 2.64. The van der Waals surface area contributed by atoms with Gasteiger partial charge in [-0.05, 0) is 30.7 Å². The highest BCUT2D eigenvalue weighted by Crippen LogP contribution is 2.19. The molecule has 0 radical (unpaired) electrons. The summed E-state index contributed by atoms with van der Waals surface area (Å²) in [5.74, 6) is 0.737. The van der Waals surface area contributed by atoms with Crippen LogP contribution >= 0.6 is 0 Å². The summed E-state index contributed by atoms with van der Waals surface area (Å²) >= 11 is 0. The van der Waals surface area contributed by atoms with Gasteiger partial charge in [0.25, 0.3) is 0 Å². The Hall–Kier alpha value is -2.75. The number of nitrogens with one attached hydrogen (secondary N) is 1. The van der Waals surface area contributed by atoms with Crippen LogP contribution in [0.4, 0.5) is 5.82 Å². The van der Waals surface area contributed by atoms with E-state index < -0.39 is 0 Å². The van der Waals surface area contributed by atoms with Gasteiger partial charge in [-0.25, -0.2) is 4.98 Å². The molecule has 0 aliphatic heterocycles. The van der Waals surface area contributed by atoms with E-state index in [9.17, 15) is 0 Å². The van der Waals surface area contributed by atoms with Gasteiger partial charge in [0.15, 0.2) is 0 Å². The molecule has 4 nitrogen and oxygen atoms in total. The van der Waals surface area contributed by atoms with Crippen molar-refractivity contribution in [3.8, 4) is 0 Å². The largest absolute Gasteiger partial charge is 0.264 e. The van der Waals surface area contributed by atoms with E-state index >= 15 is 0 Å². The summed E-state index contributed by atoms with van der Waals surface area (Å²) in [6.45, 7) is 2.07. The molecule has 0 bridgehead atoms. The molecule has 0 amide bonds. The minimum absolute atomic E-state index is 0.737. The van der Waals surface area contributed by atoms with Crippen LogP contribution in [-0.2, 0) is 0 Å². The predicted octanol–water partition coefficient (Wildman–Crippen LogP) is 3.38. The van der Waals surface area contributed by atoms with Crippen LogP contribution in [0.1, 0.15) is 11.1 Å². The lowest BCUT2D eigenvalue weighted by Gasteiger charge is -2.05. The second-order valence-corrected chi connectivity index (χ2v) is 4.50. The summed E-state index contributed by atoms with van der Waals surface area (Å²) < 4.78 is 0. The molecule has 2 heterocycles. The molecule has 0 aliphatic carbocycles. The zero-order valence-electron chi connectivity index (χ0n) is 11.1. The molecule has 3 rings (SSSR count). The molecule has 0 fully saturated rings. The smallest absolute Gasteiger partial charge is 0.147 e. The number of hydrogen-bond donors (Lipinski definition) is 1. The Kier molecular flexibility index (Phi) is 3.37. The first kappa shape index (κ1) is 12.3. The summed E-state index contributed by atoms with van der Waals surface area (Å²) in [5.41, 5.74) is 6.04. The molecule has 2 aromatic heterocycles. The molecule has 3 aromatic rings. The number of hydrogen-bond acceptors (Lipinski definition) is 4. The van der Waals surface area contributed by atoms with Crippen LogP contribution in [0.3, 0.4) is 0 Å². The lowest BCUT2D eigenvalue weighted by atomic mass is 10.1. The normalized spacial score (nSPS) is 11.1. The van der Waals surface area contributed by atoms with Crippen molar-refractivity contribution in [1.29, 1.82) is 0 Å². The van der Waals surface area contributed by atoms with Crippen molar-refractivity contribution >= 4 is 22.9 Å². The number of nitrogens with zero attached hydrogens (tertiary/aromatic N) is 3. The van der Waals surface area contributed by atoms with Crippen LogP contribution in [0.5, 0.6) is 0 Å². The van der Waals surface area contributed by atoms with Gasteiger partial charge in [0.05, 0.1) is 11.7 Å². The average molecular weight is 262 g/mol. The molecule has 1 aromatic carbocycles. The molecule has 4 heteroatoms. The number of anilines is 1. The van der Waals surface area contributed by atoms with E-state index in [0.29, 0.717) is 0 Å². The van der Waals surface area contributed by atoms with Gasteiger partial charge in [-0.2, -0.15) is 5.10 Å². The van der Waals surface area contributed by atoms with E-state index in [1.54, 1.807) is 18.6 Å². The molecule has 98 valence electrons. The van der Waals surface area contributed by atoms with Crippen molar-refractivity contribution in [2.24, 2.45) is 5.10 Å². The topological polar surface area (TPSA) is 50.2 Å². The predicted molar refractivity (Wildman–Crippen MR) is 81.9 cm³/mol. The zero-order valence-corrected chi connectivity index (χ0v) is 11.1. The van der Waals surface area contributed by atoms with Crippen LogP contribution < -0.4 is 5.43 Å². The molecule has 0 unspecified atom stereocenters. The number of fused-ring (bicyclic) bond motifs is 1. The second kappa shape index (κ2) is 5.48. The van der Waals surface area contributed by atoms with E-state index in [-0.39, 0.29) is 0 Å². The highest BCUT2D eigenvalue weighted by Gasteiger charge is 2.00. The lowest BCUT2D eigenvalue weighted by molar-refractivity contribution is 1.25. The Bertz CT molecular complexity index is 751. The van der Waals surface area contributed by atoms with Crippen LogP contribution in [0, 0.1) is 6.92 Å². The van der Waals surface area contributed by atoms with Crippen molar-refractivity contribution in [3.63, 3.8) is 0 Å². The third-order valence-electron chi connectivity index (χ3n) is 3.00. The molecule has 0 aliphatic rings. The summed E-state index contributed by atoms with van der Waals surface area (Å²) in [6.07, 6.45) is 5.21. The first-order valence-electron chi connectivity index (χ1n) is 6.38. The highest BCUT2D eigenvalue weighted by atomic mass is 15.3. The molecule has 0 saturated carbocycles. The fraction of sp³-hybridized carbons (Fsp3) is 0.0625. The standard InChI is InChI=1S/C16H14N4/c1-12-9-16(19-15-7-3-2-6-14(12)15)20-18-11-13-5-4-8-17-10-13/h2-11H,1H3,(H,19,20)/b18-11-. The van der Waals surface area contributed by atoms with E-state index in [1.807, 2.05) is 36.4 Å². The van der Waals surface area contributed by atoms with Gasteiger partial charge in [-0.1, -0.05) is 24.3 Å². The summed E-state index contributed by atoms with van der Waals surface area (Å²) in [5, 5.41) is 5.34. The maximum absolute atomic E-state index is 4.53. The van der Waals surface area contributed by atoms with Crippen LogP contribution in [0.15, 0.2) is 60.0 Å². The van der Waals surface area contributed by atoms with Crippen molar-refractivity contribution in [3.05, 3.63) is 66.0 Å². The van der Waals surface area contributed by atoms with Gasteiger partial charge < -0.3 is 0 Å². The number of pyridine rings is 2. The van der Waals surface area contributed by atoms with E-state index in [4.69, 9.17) is 0 Å². The quantitative estimate of drug-likeness (QED) is 0.581. The fourth-order valence-electron chi connectivity index (χ4n) is 2.03. The maximum Gasteiger partial charge on any atom is 0.147 e. The Morgan fingerprint density at radius 2 is 2.05 bits per heavy atom.